The van der Waals surface area contributed by atoms with E-state index in [0.29, 0.717) is 16.9 Å². The highest BCUT2D eigenvalue weighted by molar-refractivity contribution is 5.98. The normalized spacial score (nSPS) is 11.7. The van der Waals surface area contributed by atoms with Gasteiger partial charge in [0.1, 0.15) is 29.3 Å². The van der Waals surface area contributed by atoms with Crippen molar-refractivity contribution in [1.82, 2.24) is 24.5 Å². The molecule has 0 atom stereocenters. The number of aryl methyl sites for hydroxylation is 1. The van der Waals surface area contributed by atoms with Crippen LogP contribution in [0.1, 0.15) is 10.4 Å². The topological polar surface area (TPSA) is 73.5 Å². The maximum Gasteiger partial charge on any atom is 0.405 e. The fraction of sp³-hybridized carbons (Fsp3) is 0.190. The summed E-state index contributed by atoms with van der Waals surface area (Å²) in [4.78, 5) is 16.5. The first kappa shape index (κ1) is 21.3. The zero-order chi connectivity index (χ0) is 23.0. The third kappa shape index (κ3) is 4.13. The number of halogens is 4. The van der Waals surface area contributed by atoms with Crippen LogP contribution in [0.2, 0.25) is 0 Å². The van der Waals surface area contributed by atoms with Crippen molar-refractivity contribution in [3.63, 3.8) is 0 Å². The number of amides is 1. The molecule has 0 saturated heterocycles. The van der Waals surface area contributed by atoms with Gasteiger partial charge >= 0.3 is 6.18 Å². The van der Waals surface area contributed by atoms with Crippen LogP contribution in [0.3, 0.4) is 0 Å². The van der Waals surface area contributed by atoms with Crippen LogP contribution in [0, 0.1) is 5.82 Å². The molecular weight excluding hydrogens is 430 g/mol. The molecule has 4 aromatic rings. The van der Waals surface area contributed by atoms with Gasteiger partial charge in [0.2, 0.25) is 0 Å². The predicted molar refractivity (Wildman–Crippen MR) is 108 cm³/mol. The minimum Gasteiger partial charge on any atom is -0.496 e. The first-order chi connectivity index (χ1) is 15.2. The Morgan fingerprint density at radius 1 is 1.16 bits per heavy atom. The first-order valence-electron chi connectivity index (χ1n) is 9.35. The molecular formula is C21H17F4N5O2. The first-order valence-corrected chi connectivity index (χ1v) is 9.35. The number of methoxy groups -OCH3 is 1. The van der Waals surface area contributed by atoms with Crippen molar-refractivity contribution >= 4 is 11.6 Å². The third-order valence-electron chi connectivity index (χ3n) is 4.80. The third-order valence-corrected chi connectivity index (χ3v) is 4.80. The van der Waals surface area contributed by atoms with Gasteiger partial charge in [0.15, 0.2) is 0 Å². The lowest BCUT2D eigenvalue weighted by molar-refractivity contribution is -0.123. The van der Waals surface area contributed by atoms with Crippen LogP contribution >= 0.6 is 0 Å². The number of alkyl halides is 3. The van der Waals surface area contributed by atoms with Crippen molar-refractivity contribution in [3.05, 3.63) is 60.4 Å². The molecule has 166 valence electrons. The maximum absolute atomic E-state index is 14.8. The number of carbonyl (C=O) groups excluding carboxylic acids is 1. The van der Waals surface area contributed by atoms with E-state index in [-0.39, 0.29) is 5.75 Å². The summed E-state index contributed by atoms with van der Waals surface area (Å²) in [5.74, 6) is -2.43. The summed E-state index contributed by atoms with van der Waals surface area (Å²) in [6.45, 7) is -1.58. The molecule has 1 aromatic carbocycles. The van der Waals surface area contributed by atoms with E-state index in [1.807, 2.05) is 25.4 Å². The Balaban J connectivity index is 1.70. The van der Waals surface area contributed by atoms with Crippen LogP contribution in [-0.4, -0.2) is 44.9 Å². The second-order valence-corrected chi connectivity index (χ2v) is 7.02. The molecule has 4 rings (SSSR count). The van der Waals surface area contributed by atoms with E-state index >= 15 is 0 Å². The molecule has 0 bridgehead atoms. The summed E-state index contributed by atoms with van der Waals surface area (Å²) in [7, 11) is 3.01. The van der Waals surface area contributed by atoms with Crippen molar-refractivity contribution < 1.29 is 27.1 Å². The molecule has 0 unspecified atom stereocenters. The molecule has 3 heterocycles. The summed E-state index contributed by atoms with van der Waals surface area (Å²) in [6.07, 6.45) is 2.25. The smallest absolute Gasteiger partial charge is 0.405 e. The highest BCUT2D eigenvalue weighted by Gasteiger charge is 2.29. The summed E-state index contributed by atoms with van der Waals surface area (Å²) >= 11 is 0. The van der Waals surface area contributed by atoms with Crippen LogP contribution in [0.5, 0.6) is 5.75 Å². The van der Waals surface area contributed by atoms with Gasteiger partial charge in [-0.05, 0) is 29.8 Å². The number of carbonyl (C=O) groups is 1. The fourth-order valence-electron chi connectivity index (χ4n) is 3.32. The van der Waals surface area contributed by atoms with Gasteiger partial charge in [-0.15, -0.1) is 0 Å². The van der Waals surface area contributed by atoms with Crippen LogP contribution in [0.25, 0.3) is 28.0 Å². The number of benzene rings is 1. The molecule has 0 fully saturated rings. The number of fused-ring (bicyclic) bond motifs is 1. The van der Waals surface area contributed by atoms with Gasteiger partial charge in [-0.2, -0.15) is 18.3 Å². The van der Waals surface area contributed by atoms with Crippen molar-refractivity contribution in [3.8, 4) is 28.1 Å². The summed E-state index contributed by atoms with van der Waals surface area (Å²) < 4.78 is 60.5. The lowest BCUT2D eigenvalue weighted by atomic mass is 10.1. The van der Waals surface area contributed by atoms with E-state index < -0.39 is 30.0 Å². The van der Waals surface area contributed by atoms with Crippen molar-refractivity contribution in [2.75, 3.05) is 13.7 Å². The number of pyridine rings is 1. The lowest BCUT2D eigenvalue weighted by Crippen LogP contribution is -2.34. The van der Waals surface area contributed by atoms with Gasteiger partial charge in [0.05, 0.1) is 25.2 Å². The molecule has 11 heteroatoms. The Bertz CT molecular complexity index is 1310. The highest BCUT2D eigenvalue weighted by Crippen LogP contribution is 2.31. The van der Waals surface area contributed by atoms with Gasteiger partial charge in [0, 0.05) is 30.6 Å². The van der Waals surface area contributed by atoms with E-state index in [2.05, 4.69) is 10.1 Å². The number of imidazole rings is 1. The molecule has 0 aliphatic rings. The second kappa shape index (κ2) is 7.98. The van der Waals surface area contributed by atoms with Gasteiger partial charge in [-0.1, -0.05) is 0 Å². The minimum atomic E-state index is -4.62. The highest BCUT2D eigenvalue weighted by atomic mass is 19.4. The number of rotatable bonds is 5. The van der Waals surface area contributed by atoms with Crippen LogP contribution in [0.4, 0.5) is 17.6 Å². The number of aromatic nitrogens is 4. The number of hydrogen-bond acceptors (Lipinski definition) is 4. The molecule has 0 radical (unpaired) electrons. The van der Waals surface area contributed by atoms with Crippen LogP contribution in [0.15, 0.2) is 49.1 Å². The largest absolute Gasteiger partial charge is 0.496 e. The number of nitrogens with zero attached hydrogens (tertiary/aromatic N) is 4. The van der Waals surface area contributed by atoms with Gasteiger partial charge < -0.3 is 10.1 Å². The lowest BCUT2D eigenvalue weighted by Gasteiger charge is -2.13. The Hall–Kier alpha value is -3.89. The Labute approximate surface area is 179 Å². The van der Waals surface area contributed by atoms with Crippen molar-refractivity contribution in [2.24, 2.45) is 7.05 Å². The van der Waals surface area contributed by atoms with Gasteiger partial charge in [0.25, 0.3) is 5.91 Å². The fourth-order valence-corrected chi connectivity index (χ4v) is 3.32. The summed E-state index contributed by atoms with van der Waals surface area (Å²) in [5, 5.41) is 5.80. The van der Waals surface area contributed by atoms with Gasteiger partial charge in [-0.25, -0.2) is 9.37 Å². The summed E-state index contributed by atoms with van der Waals surface area (Å²) in [6, 6.07) is 6.13. The van der Waals surface area contributed by atoms with Crippen molar-refractivity contribution in [2.45, 2.75) is 6.18 Å². The Kier molecular flexibility index (Phi) is 5.33. The SMILES string of the molecule is COc1cc(-c2cnc3cc(-c4cnn(C)c4)ccn23)cc(F)c1C(=O)NCC(F)(F)F. The second-order valence-electron chi connectivity index (χ2n) is 7.02. The molecule has 7 nitrogen and oxygen atoms in total. The standard InChI is InChI=1S/C21H17F4N5O2/c1-29-10-14(8-28-29)12-3-4-30-16(9-26-18(30)7-12)13-5-15(22)19(17(6-13)32-2)20(31)27-11-21(23,24)25/h3-10H,11H2,1-2H3,(H,27,31). The Morgan fingerprint density at radius 3 is 2.59 bits per heavy atom. The Morgan fingerprint density at radius 2 is 1.94 bits per heavy atom. The van der Waals surface area contributed by atoms with Crippen molar-refractivity contribution in [1.29, 1.82) is 0 Å². The van der Waals surface area contributed by atoms with E-state index in [0.717, 1.165) is 17.2 Å². The zero-order valence-electron chi connectivity index (χ0n) is 16.9. The van der Waals surface area contributed by atoms with E-state index in [9.17, 15) is 22.4 Å². The molecule has 1 N–H and O–H groups in total. The number of ether oxygens (including phenoxy) is 1. The number of nitrogens with one attached hydrogen (secondary N) is 1. The minimum absolute atomic E-state index is 0.193. The quantitative estimate of drug-likeness (QED) is 0.472. The van der Waals surface area contributed by atoms with E-state index in [1.54, 1.807) is 26.8 Å². The monoisotopic (exact) mass is 447 g/mol. The molecule has 32 heavy (non-hydrogen) atoms. The molecule has 0 saturated carbocycles. The zero-order valence-corrected chi connectivity index (χ0v) is 16.9. The van der Waals surface area contributed by atoms with Crippen LogP contribution in [-0.2, 0) is 7.05 Å². The van der Waals surface area contributed by atoms with Crippen LogP contribution < -0.4 is 10.1 Å². The summed E-state index contributed by atoms with van der Waals surface area (Å²) in [5.41, 5.74) is 2.64. The predicted octanol–water partition coefficient (Wildman–Crippen LogP) is 3.84. The number of hydrogen-bond donors (Lipinski definition) is 1. The average molecular weight is 447 g/mol. The molecule has 0 aliphatic heterocycles. The molecule has 0 aliphatic carbocycles. The molecule has 1 amide bonds. The maximum atomic E-state index is 14.8. The molecule has 3 aromatic heterocycles. The average Bonchev–Trinajstić information content (AvgIpc) is 3.36. The van der Waals surface area contributed by atoms with E-state index in [4.69, 9.17) is 4.74 Å². The molecule has 0 spiro atoms. The van der Waals surface area contributed by atoms with Gasteiger partial charge in [-0.3, -0.25) is 13.9 Å². The van der Waals surface area contributed by atoms with E-state index in [1.165, 1.54) is 19.4 Å².